The van der Waals surface area contributed by atoms with Crippen molar-refractivity contribution in [2.24, 2.45) is 5.41 Å². The summed E-state index contributed by atoms with van der Waals surface area (Å²) in [5.41, 5.74) is 7.76. The highest BCUT2D eigenvalue weighted by molar-refractivity contribution is 6.39. The van der Waals surface area contributed by atoms with Gasteiger partial charge in [-0.05, 0) is 55.5 Å². The van der Waals surface area contributed by atoms with Gasteiger partial charge in [-0.3, -0.25) is 14.3 Å². The highest BCUT2D eigenvalue weighted by Crippen LogP contribution is 2.45. The number of halogens is 3. The number of methoxy groups -OCH3 is 2. The lowest BCUT2D eigenvalue weighted by Crippen LogP contribution is -2.32. The molecule has 1 fully saturated rings. The molecule has 2 aromatic carbocycles. The van der Waals surface area contributed by atoms with Crippen LogP contribution in [0.25, 0.3) is 33.6 Å². The van der Waals surface area contributed by atoms with Gasteiger partial charge in [0.05, 0.1) is 42.3 Å². The molecule has 7 nitrogen and oxygen atoms in total. The smallest absolute Gasteiger partial charge is 0.218 e. The van der Waals surface area contributed by atoms with Gasteiger partial charge in [-0.2, -0.15) is 0 Å². The lowest BCUT2D eigenvalue weighted by atomic mass is 9.94. The zero-order valence-corrected chi connectivity index (χ0v) is 27.7. The van der Waals surface area contributed by atoms with Crippen LogP contribution >= 0.6 is 23.2 Å². The molecule has 6 rings (SSSR count). The number of benzene rings is 2. The third kappa shape index (κ3) is 6.73. The predicted octanol–water partition coefficient (Wildman–Crippen LogP) is 7.38. The highest BCUT2D eigenvalue weighted by Gasteiger charge is 2.41. The summed E-state index contributed by atoms with van der Waals surface area (Å²) in [7, 11) is 3.28. The van der Waals surface area contributed by atoms with Gasteiger partial charge in [0, 0.05) is 84.3 Å². The van der Waals surface area contributed by atoms with Gasteiger partial charge in [0.25, 0.3) is 0 Å². The van der Waals surface area contributed by atoms with E-state index in [-0.39, 0.29) is 18.7 Å². The van der Waals surface area contributed by atoms with Crippen molar-refractivity contribution in [3.05, 3.63) is 81.5 Å². The van der Waals surface area contributed by atoms with Crippen LogP contribution in [0.1, 0.15) is 36.0 Å². The number of ether oxygens (including phenoxy) is 2. The first-order valence-corrected chi connectivity index (χ1v) is 16.4. The van der Waals surface area contributed by atoms with E-state index in [4.69, 9.17) is 37.7 Å². The largest absolute Gasteiger partial charge is 0.496 e. The van der Waals surface area contributed by atoms with Crippen molar-refractivity contribution in [3.63, 3.8) is 0 Å². The quantitative estimate of drug-likeness (QED) is 0.154. The van der Waals surface area contributed by atoms with Gasteiger partial charge in [0.2, 0.25) is 5.88 Å². The maximum absolute atomic E-state index is 12.8. The van der Waals surface area contributed by atoms with Crippen molar-refractivity contribution >= 4 is 23.2 Å². The van der Waals surface area contributed by atoms with Gasteiger partial charge in [-0.15, -0.1) is 0 Å². The number of hydrogen-bond donors (Lipinski definition) is 2. The van der Waals surface area contributed by atoms with Gasteiger partial charge in [0.15, 0.2) is 0 Å². The Kier molecular flexibility index (Phi) is 10.1. The van der Waals surface area contributed by atoms with Crippen LogP contribution in [0.2, 0.25) is 10.0 Å². The topological polar surface area (TPSA) is 79.7 Å². The molecule has 46 heavy (non-hydrogen) atoms. The molecule has 0 spiro atoms. The number of nitrogens with zero attached hydrogens (tertiary/aromatic N) is 3. The van der Waals surface area contributed by atoms with Crippen molar-refractivity contribution in [2.45, 2.75) is 38.8 Å². The average Bonchev–Trinajstić information content (AvgIpc) is 3.87. The van der Waals surface area contributed by atoms with Crippen LogP contribution in [0.5, 0.6) is 11.6 Å². The van der Waals surface area contributed by atoms with Gasteiger partial charge >= 0.3 is 0 Å². The van der Waals surface area contributed by atoms with Crippen molar-refractivity contribution in [1.82, 2.24) is 20.2 Å². The third-order valence-corrected chi connectivity index (χ3v) is 9.97. The van der Waals surface area contributed by atoms with Crippen LogP contribution < -0.4 is 14.8 Å². The van der Waals surface area contributed by atoms with Gasteiger partial charge in [-0.1, -0.05) is 47.5 Å². The Hall–Kier alpha value is -3.27. The second-order valence-electron chi connectivity index (χ2n) is 12.2. The van der Waals surface area contributed by atoms with E-state index in [1.807, 2.05) is 42.5 Å². The third-order valence-electron chi connectivity index (χ3n) is 9.18. The van der Waals surface area contributed by atoms with E-state index in [2.05, 4.69) is 21.3 Å². The SMILES string of the molecule is COc1cc(-c2nccc(-c3cccc(-c4ccc(CNCC5(CO)CC5)c(OC)n4)c3Cl)c2Cl)cc2c1CN(CCCF)CC2. The number of nitrogens with one attached hydrogen (secondary N) is 1. The van der Waals surface area contributed by atoms with Crippen LogP contribution in [0, 0.1) is 5.41 Å². The first-order valence-electron chi connectivity index (χ1n) is 15.7. The van der Waals surface area contributed by atoms with Crippen LogP contribution in [-0.4, -0.2) is 67.1 Å². The fourth-order valence-corrected chi connectivity index (χ4v) is 6.88. The molecule has 2 aromatic heterocycles. The molecule has 4 aromatic rings. The minimum atomic E-state index is -0.311. The number of rotatable bonds is 13. The summed E-state index contributed by atoms with van der Waals surface area (Å²) in [6.45, 7) is 3.56. The number of pyridine rings is 2. The molecule has 2 N–H and O–H groups in total. The Balaban J connectivity index is 1.28. The molecule has 3 heterocycles. The fourth-order valence-electron chi connectivity index (χ4n) is 6.23. The fraction of sp³-hybridized carbons (Fsp3) is 0.389. The predicted molar refractivity (Wildman–Crippen MR) is 181 cm³/mol. The maximum atomic E-state index is 12.8. The first-order chi connectivity index (χ1) is 22.4. The number of alkyl halides is 1. The molecule has 0 atom stereocenters. The second kappa shape index (κ2) is 14.2. The monoisotopic (exact) mass is 664 g/mol. The number of aliphatic hydroxyl groups is 1. The minimum absolute atomic E-state index is 0.0218. The van der Waals surface area contributed by atoms with Crippen molar-refractivity contribution < 1.29 is 19.0 Å². The lowest BCUT2D eigenvalue weighted by Gasteiger charge is -2.30. The molecular formula is C36H39Cl2FN4O3. The highest BCUT2D eigenvalue weighted by atomic mass is 35.5. The number of hydrogen-bond acceptors (Lipinski definition) is 7. The van der Waals surface area contributed by atoms with E-state index in [9.17, 15) is 9.50 Å². The number of aliphatic hydroxyl groups excluding tert-OH is 1. The molecule has 0 unspecified atom stereocenters. The Morgan fingerprint density at radius 2 is 1.83 bits per heavy atom. The Morgan fingerprint density at radius 3 is 2.57 bits per heavy atom. The molecule has 2 aliphatic rings. The van der Waals surface area contributed by atoms with Crippen LogP contribution in [0.3, 0.4) is 0 Å². The van der Waals surface area contributed by atoms with E-state index < -0.39 is 0 Å². The molecule has 1 aliphatic carbocycles. The summed E-state index contributed by atoms with van der Waals surface area (Å²) in [6, 6.07) is 15.8. The minimum Gasteiger partial charge on any atom is -0.496 e. The van der Waals surface area contributed by atoms with E-state index in [1.54, 1.807) is 20.4 Å². The zero-order chi connectivity index (χ0) is 32.3. The molecule has 0 amide bonds. The summed E-state index contributed by atoms with van der Waals surface area (Å²) in [6.07, 6.45) is 5.21. The summed E-state index contributed by atoms with van der Waals surface area (Å²) in [5, 5.41) is 14.1. The molecule has 0 saturated heterocycles. The second-order valence-corrected chi connectivity index (χ2v) is 13.0. The summed E-state index contributed by atoms with van der Waals surface area (Å²) in [5.74, 6) is 1.30. The summed E-state index contributed by atoms with van der Waals surface area (Å²) >= 11 is 14.2. The van der Waals surface area contributed by atoms with E-state index in [0.29, 0.717) is 40.3 Å². The molecule has 10 heteroatoms. The maximum Gasteiger partial charge on any atom is 0.218 e. The van der Waals surface area contributed by atoms with Crippen LogP contribution in [-0.2, 0) is 19.5 Å². The van der Waals surface area contributed by atoms with Crippen molar-refractivity contribution in [3.8, 4) is 45.3 Å². The van der Waals surface area contributed by atoms with Gasteiger partial charge in [0.1, 0.15) is 5.75 Å². The molecule has 1 aliphatic heterocycles. The van der Waals surface area contributed by atoms with Crippen LogP contribution in [0.15, 0.2) is 54.7 Å². The average molecular weight is 666 g/mol. The Morgan fingerprint density at radius 1 is 1.02 bits per heavy atom. The van der Waals surface area contributed by atoms with E-state index in [1.165, 1.54) is 5.56 Å². The zero-order valence-electron chi connectivity index (χ0n) is 26.2. The standard InChI is InChI=1S/C36H39Cl2FN4O3/c1-45-31-18-25(17-23-10-16-43(15-4-13-39)20-29(23)31)34-33(38)27(9-14-41-34)26-5-3-6-28(32(26)37)30-8-7-24(35(42-30)46-2)19-40-21-36(22-44)11-12-36/h3,5-9,14,17-18,40,44H,4,10-13,15-16,19-22H2,1-2H3. The van der Waals surface area contributed by atoms with Crippen LogP contribution in [0.4, 0.5) is 4.39 Å². The Bertz CT molecular complexity index is 1700. The molecule has 0 radical (unpaired) electrons. The van der Waals surface area contributed by atoms with E-state index in [0.717, 1.165) is 84.6 Å². The van der Waals surface area contributed by atoms with Gasteiger partial charge in [-0.25, -0.2) is 4.98 Å². The first kappa shape index (κ1) is 32.7. The molecule has 1 saturated carbocycles. The molecule has 242 valence electrons. The number of fused-ring (bicyclic) bond motifs is 1. The van der Waals surface area contributed by atoms with E-state index >= 15 is 0 Å². The molecule has 0 bridgehead atoms. The summed E-state index contributed by atoms with van der Waals surface area (Å²) in [4.78, 5) is 11.7. The normalized spacial score (nSPS) is 15.4. The van der Waals surface area contributed by atoms with Gasteiger partial charge < -0.3 is 19.9 Å². The lowest BCUT2D eigenvalue weighted by molar-refractivity contribution is 0.207. The van der Waals surface area contributed by atoms with Crippen molar-refractivity contribution in [2.75, 3.05) is 47.1 Å². The molecular weight excluding hydrogens is 626 g/mol. The Labute approximate surface area is 279 Å². The van der Waals surface area contributed by atoms with Crippen molar-refractivity contribution in [1.29, 1.82) is 0 Å². The number of aromatic nitrogens is 2. The summed E-state index contributed by atoms with van der Waals surface area (Å²) < 4.78 is 24.3.